The summed E-state index contributed by atoms with van der Waals surface area (Å²) in [6.45, 7) is 1.89. The van der Waals surface area contributed by atoms with Crippen molar-refractivity contribution in [1.82, 2.24) is 0 Å². The maximum Gasteiger partial charge on any atom is 0.261 e. The van der Waals surface area contributed by atoms with Crippen molar-refractivity contribution in [1.29, 1.82) is 0 Å². The first-order chi connectivity index (χ1) is 13.8. The van der Waals surface area contributed by atoms with Crippen LogP contribution in [0.25, 0.3) is 0 Å². The summed E-state index contributed by atoms with van der Waals surface area (Å²) in [5.41, 5.74) is 2.65. The predicted molar refractivity (Wildman–Crippen MR) is 113 cm³/mol. The molecule has 0 saturated heterocycles. The number of hydrogen-bond donors (Lipinski definition) is 3. The molecular formula is C22H22N2O4S. The van der Waals surface area contributed by atoms with Crippen LogP contribution in [0.3, 0.4) is 0 Å². The van der Waals surface area contributed by atoms with E-state index in [9.17, 15) is 18.3 Å². The number of hydrogen-bond acceptors (Lipinski definition) is 4. The number of anilines is 2. The Balaban J connectivity index is 1.57. The Labute approximate surface area is 170 Å². The Morgan fingerprint density at radius 1 is 0.897 bits per heavy atom. The summed E-state index contributed by atoms with van der Waals surface area (Å²) in [6.07, 6.45) is 0.645. The summed E-state index contributed by atoms with van der Waals surface area (Å²) in [7, 11) is -3.67. The van der Waals surface area contributed by atoms with Gasteiger partial charge in [0.2, 0.25) is 5.91 Å². The van der Waals surface area contributed by atoms with E-state index in [0.717, 1.165) is 5.56 Å². The van der Waals surface area contributed by atoms with Gasteiger partial charge in [-0.2, -0.15) is 0 Å². The van der Waals surface area contributed by atoms with Crippen molar-refractivity contribution in [2.24, 2.45) is 0 Å². The molecule has 0 aromatic heterocycles. The molecule has 0 aliphatic rings. The lowest BCUT2D eigenvalue weighted by molar-refractivity contribution is -0.116. The van der Waals surface area contributed by atoms with E-state index in [0.29, 0.717) is 23.4 Å². The summed E-state index contributed by atoms with van der Waals surface area (Å²) in [4.78, 5) is 12.3. The molecule has 6 nitrogen and oxygen atoms in total. The third kappa shape index (κ3) is 5.58. The minimum atomic E-state index is -3.67. The van der Waals surface area contributed by atoms with Gasteiger partial charge >= 0.3 is 0 Å². The van der Waals surface area contributed by atoms with Crippen molar-refractivity contribution in [3.8, 4) is 5.75 Å². The summed E-state index contributed by atoms with van der Waals surface area (Å²) in [5, 5.41) is 12.5. The van der Waals surface area contributed by atoms with Gasteiger partial charge < -0.3 is 10.4 Å². The van der Waals surface area contributed by atoms with Crippen molar-refractivity contribution >= 4 is 27.3 Å². The van der Waals surface area contributed by atoms with Crippen LogP contribution in [0.15, 0.2) is 77.7 Å². The van der Waals surface area contributed by atoms with E-state index in [2.05, 4.69) is 10.0 Å². The lowest BCUT2D eigenvalue weighted by Crippen LogP contribution is -2.14. The normalized spacial score (nSPS) is 11.1. The molecule has 7 heteroatoms. The number of carbonyl (C=O) groups excluding carboxylic acids is 1. The van der Waals surface area contributed by atoms with Gasteiger partial charge in [-0.1, -0.05) is 35.9 Å². The molecule has 0 unspecified atom stereocenters. The van der Waals surface area contributed by atoms with Gasteiger partial charge in [0.1, 0.15) is 5.75 Å². The Morgan fingerprint density at radius 3 is 2.17 bits per heavy atom. The Hall–Kier alpha value is -3.32. The first kappa shape index (κ1) is 20.4. The predicted octanol–water partition coefficient (Wildman–Crippen LogP) is 4.07. The highest BCUT2D eigenvalue weighted by molar-refractivity contribution is 7.92. The SMILES string of the molecule is Cc1ccc(S(=O)(=O)Nc2ccc(NC(=O)CCc3ccccc3O)cc2)cc1. The number of phenols is 1. The standard InChI is InChI=1S/C22H22N2O4S/c1-16-6-13-20(14-7-16)29(27,28)24-19-11-9-18(10-12-19)23-22(26)15-8-17-4-2-3-5-21(17)25/h2-7,9-14,24-25H,8,15H2,1H3,(H,23,26). The molecule has 3 aromatic rings. The number of para-hydroxylation sites is 1. The summed E-state index contributed by atoms with van der Waals surface area (Å²) >= 11 is 0. The Kier molecular flexibility index (Phi) is 6.19. The molecule has 0 saturated carbocycles. The zero-order valence-corrected chi connectivity index (χ0v) is 16.7. The number of benzene rings is 3. The molecule has 3 N–H and O–H groups in total. The quantitative estimate of drug-likeness (QED) is 0.547. The number of rotatable bonds is 7. The van der Waals surface area contributed by atoms with Crippen molar-refractivity contribution in [3.63, 3.8) is 0 Å². The number of nitrogens with one attached hydrogen (secondary N) is 2. The molecule has 0 spiro atoms. The van der Waals surface area contributed by atoms with Crippen LogP contribution in [0.2, 0.25) is 0 Å². The van der Waals surface area contributed by atoms with Crippen LogP contribution < -0.4 is 10.0 Å². The minimum absolute atomic E-state index is 0.172. The fourth-order valence-corrected chi connectivity index (χ4v) is 3.81. The molecule has 150 valence electrons. The van der Waals surface area contributed by atoms with E-state index in [1.165, 1.54) is 0 Å². The fraction of sp³-hybridized carbons (Fsp3) is 0.136. The van der Waals surface area contributed by atoms with E-state index in [1.54, 1.807) is 66.7 Å². The zero-order valence-electron chi connectivity index (χ0n) is 15.9. The smallest absolute Gasteiger partial charge is 0.261 e. The van der Waals surface area contributed by atoms with Gasteiger partial charge in [0.15, 0.2) is 0 Å². The first-order valence-electron chi connectivity index (χ1n) is 9.10. The number of sulfonamides is 1. The highest BCUT2D eigenvalue weighted by Gasteiger charge is 2.14. The van der Waals surface area contributed by atoms with Crippen LogP contribution in [0.4, 0.5) is 11.4 Å². The van der Waals surface area contributed by atoms with Crippen LogP contribution in [0.5, 0.6) is 5.75 Å². The van der Waals surface area contributed by atoms with E-state index in [-0.39, 0.29) is 23.0 Å². The van der Waals surface area contributed by atoms with Gasteiger partial charge in [0.05, 0.1) is 4.90 Å². The average Bonchev–Trinajstić information content (AvgIpc) is 2.69. The molecule has 29 heavy (non-hydrogen) atoms. The summed E-state index contributed by atoms with van der Waals surface area (Å²) in [5.74, 6) is -0.0215. The van der Waals surface area contributed by atoms with Crippen molar-refractivity contribution in [2.75, 3.05) is 10.0 Å². The van der Waals surface area contributed by atoms with E-state index < -0.39 is 10.0 Å². The minimum Gasteiger partial charge on any atom is -0.508 e. The molecule has 0 atom stereocenters. The molecule has 0 bridgehead atoms. The molecule has 0 radical (unpaired) electrons. The Morgan fingerprint density at radius 2 is 1.52 bits per heavy atom. The number of carbonyl (C=O) groups is 1. The topological polar surface area (TPSA) is 95.5 Å². The second-order valence-electron chi connectivity index (χ2n) is 6.67. The monoisotopic (exact) mass is 410 g/mol. The van der Waals surface area contributed by atoms with Crippen LogP contribution >= 0.6 is 0 Å². The zero-order chi connectivity index (χ0) is 20.9. The second-order valence-corrected chi connectivity index (χ2v) is 8.36. The molecular weight excluding hydrogens is 388 g/mol. The number of phenolic OH excluding ortho intramolecular Hbond substituents is 1. The number of aromatic hydroxyl groups is 1. The maximum atomic E-state index is 12.4. The third-order valence-corrected chi connectivity index (χ3v) is 5.76. The first-order valence-corrected chi connectivity index (χ1v) is 10.6. The van der Waals surface area contributed by atoms with Gasteiger partial charge in [-0.25, -0.2) is 8.42 Å². The molecule has 0 aliphatic heterocycles. The summed E-state index contributed by atoms with van der Waals surface area (Å²) < 4.78 is 27.4. The van der Waals surface area contributed by atoms with Crippen molar-refractivity contribution in [3.05, 3.63) is 83.9 Å². The third-order valence-electron chi connectivity index (χ3n) is 4.37. The van der Waals surface area contributed by atoms with Crippen molar-refractivity contribution in [2.45, 2.75) is 24.7 Å². The average molecular weight is 410 g/mol. The largest absolute Gasteiger partial charge is 0.508 e. The highest BCUT2D eigenvalue weighted by Crippen LogP contribution is 2.20. The van der Waals surface area contributed by atoms with Gasteiger partial charge in [-0.05, 0) is 61.4 Å². The second kappa shape index (κ2) is 8.79. The fourth-order valence-electron chi connectivity index (χ4n) is 2.75. The van der Waals surface area contributed by atoms with E-state index in [4.69, 9.17) is 0 Å². The number of aryl methyl sites for hydroxylation is 2. The number of amides is 1. The van der Waals surface area contributed by atoms with Gasteiger partial charge in [0, 0.05) is 17.8 Å². The molecule has 0 heterocycles. The molecule has 0 fully saturated rings. The summed E-state index contributed by atoms with van der Waals surface area (Å²) in [6, 6.07) is 19.9. The van der Waals surface area contributed by atoms with Crippen molar-refractivity contribution < 1.29 is 18.3 Å². The molecule has 3 aromatic carbocycles. The van der Waals surface area contributed by atoms with E-state index >= 15 is 0 Å². The van der Waals surface area contributed by atoms with Crippen LogP contribution in [-0.4, -0.2) is 19.4 Å². The Bertz CT molecular complexity index is 1090. The molecule has 3 rings (SSSR count). The lowest BCUT2D eigenvalue weighted by Gasteiger charge is -2.10. The molecule has 1 amide bonds. The van der Waals surface area contributed by atoms with Gasteiger partial charge in [-0.3, -0.25) is 9.52 Å². The maximum absolute atomic E-state index is 12.4. The van der Waals surface area contributed by atoms with Gasteiger partial charge in [0.25, 0.3) is 10.0 Å². The lowest BCUT2D eigenvalue weighted by atomic mass is 10.1. The van der Waals surface area contributed by atoms with E-state index in [1.807, 2.05) is 13.0 Å². The molecule has 0 aliphatic carbocycles. The highest BCUT2D eigenvalue weighted by atomic mass is 32.2. The van der Waals surface area contributed by atoms with Gasteiger partial charge in [-0.15, -0.1) is 0 Å². The van der Waals surface area contributed by atoms with Crippen LogP contribution in [-0.2, 0) is 21.2 Å². The van der Waals surface area contributed by atoms with Crippen LogP contribution in [0, 0.1) is 6.92 Å². The van der Waals surface area contributed by atoms with Crippen LogP contribution in [0.1, 0.15) is 17.5 Å².